The standard InChI is InChI=1S/C46H29NOS/c1-2-8-30(9-3-1)31-14-20-35(21-15-31)47(37-24-27-45-41(29-37)39-10-5-7-13-44(39)49-45)36-22-16-32(17-23-36)33-18-25-38-34(28-33)19-26-43-46(38)40-11-4-6-12-42(40)48-43/h1-29H. The lowest BCUT2D eigenvalue weighted by atomic mass is 9.98. The second-order valence-electron chi connectivity index (χ2n) is 12.5. The number of fused-ring (bicyclic) bond motifs is 8. The largest absolute Gasteiger partial charge is 0.456 e. The minimum Gasteiger partial charge on any atom is -0.456 e. The summed E-state index contributed by atoms with van der Waals surface area (Å²) in [6.45, 7) is 0. The first-order valence-corrected chi connectivity index (χ1v) is 17.4. The molecule has 0 unspecified atom stereocenters. The highest BCUT2D eigenvalue weighted by Crippen LogP contribution is 2.42. The second-order valence-corrected chi connectivity index (χ2v) is 13.6. The number of para-hydroxylation sites is 1. The zero-order valence-electron chi connectivity index (χ0n) is 26.5. The minimum absolute atomic E-state index is 0.926. The minimum atomic E-state index is 0.926. The summed E-state index contributed by atoms with van der Waals surface area (Å²) in [7, 11) is 0. The summed E-state index contributed by atoms with van der Waals surface area (Å²) in [6, 6.07) is 63.3. The molecule has 0 saturated carbocycles. The average molecular weight is 644 g/mol. The van der Waals surface area contributed by atoms with Crippen LogP contribution < -0.4 is 4.90 Å². The van der Waals surface area contributed by atoms with E-state index in [0.29, 0.717) is 0 Å². The Balaban J connectivity index is 1.07. The monoisotopic (exact) mass is 643 g/mol. The summed E-state index contributed by atoms with van der Waals surface area (Å²) < 4.78 is 8.77. The first-order chi connectivity index (χ1) is 24.3. The second kappa shape index (κ2) is 11.2. The molecular weight excluding hydrogens is 615 g/mol. The summed E-state index contributed by atoms with van der Waals surface area (Å²) >= 11 is 1.85. The fourth-order valence-corrected chi connectivity index (χ4v) is 8.36. The van der Waals surface area contributed by atoms with Crippen molar-refractivity contribution in [3.8, 4) is 22.3 Å². The molecule has 0 spiro atoms. The Labute approximate surface area is 287 Å². The van der Waals surface area contributed by atoms with Gasteiger partial charge in [-0.3, -0.25) is 0 Å². The molecule has 0 fully saturated rings. The predicted molar refractivity (Wildman–Crippen MR) is 210 cm³/mol. The topological polar surface area (TPSA) is 16.4 Å². The van der Waals surface area contributed by atoms with Gasteiger partial charge >= 0.3 is 0 Å². The van der Waals surface area contributed by atoms with Crippen LogP contribution in [-0.2, 0) is 0 Å². The van der Waals surface area contributed by atoms with Gasteiger partial charge in [-0.15, -0.1) is 11.3 Å². The average Bonchev–Trinajstić information content (AvgIpc) is 3.74. The van der Waals surface area contributed by atoms with Gasteiger partial charge in [0.15, 0.2) is 0 Å². The Morgan fingerprint density at radius 1 is 0.367 bits per heavy atom. The van der Waals surface area contributed by atoms with Gasteiger partial charge in [0.1, 0.15) is 11.2 Å². The summed E-state index contributed by atoms with van der Waals surface area (Å²) in [4.78, 5) is 2.37. The zero-order valence-corrected chi connectivity index (χ0v) is 27.3. The third-order valence-corrected chi connectivity index (χ3v) is 10.8. The highest BCUT2D eigenvalue weighted by molar-refractivity contribution is 7.25. The summed E-state index contributed by atoms with van der Waals surface area (Å²) in [5.41, 5.74) is 10.0. The SMILES string of the molecule is c1ccc(-c2ccc(N(c3ccc(-c4ccc5c(ccc6oc7ccccc7c65)c4)cc3)c3ccc4sc5ccccc5c4c3)cc2)cc1. The number of rotatable bonds is 5. The Hall–Kier alpha value is -6.16. The number of furan rings is 1. The van der Waals surface area contributed by atoms with E-state index in [4.69, 9.17) is 4.42 Å². The molecule has 0 bridgehead atoms. The number of anilines is 3. The molecule has 0 aliphatic carbocycles. The van der Waals surface area contributed by atoms with Crippen molar-refractivity contribution in [2.45, 2.75) is 0 Å². The molecule has 0 N–H and O–H groups in total. The molecule has 49 heavy (non-hydrogen) atoms. The molecule has 0 aliphatic heterocycles. The van der Waals surface area contributed by atoms with E-state index in [1.54, 1.807) is 0 Å². The van der Waals surface area contributed by atoms with Crippen molar-refractivity contribution in [3.63, 3.8) is 0 Å². The maximum Gasteiger partial charge on any atom is 0.136 e. The van der Waals surface area contributed by atoms with E-state index in [1.165, 1.54) is 58.6 Å². The van der Waals surface area contributed by atoms with Gasteiger partial charge in [-0.1, -0.05) is 109 Å². The highest BCUT2D eigenvalue weighted by atomic mass is 32.1. The van der Waals surface area contributed by atoms with Crippen molar-refractivity contribution >= 4 is 81.3 Å². The quantitative estimate of drug-likeness (QED) is 0.186. The van der Waals surface area contributed by atoms with Crippen LogP contribution in [0.3, 0.4) is 0 Å². The highest BCUT2D eigenvalue weighted by Gasteiger charge is 2.16. The molecule has 0 atom stereocenters. The van der Waals surface area contributed by atoms with E-state index in [2.05, 4.69) is 169 Å². The normalized spacial score (nSPS) is 11.7. The van der Waals surface area contributed by atoms with Gasteiger partial charge < -0.3 is 9.32 Å². The molecule has 10 rings (SSSR count). The molecule has 2 heterocycles. The molecule has 0 amide bonds. The molecule has 2 aromatic heterocycles. The van der Waals surface area contributed by atoms with E-state index in [-0.39, 0.29) is 0 Å². The Morgan fingerprint density at radius 3 is 1.78 bits per heavy atom. The summed E-state index contributed by atoms with van der Waals surface area (Å²) in [6.07, 6.45) is 0. The smallest absolute Gasteiger partial charge is 0.136 e. The molecule has 8 aromatic carbocycles. The van der Waals surface area contributed by atoms with Crippen LogP contribution in [0.5, 0.6) is 0 Å². The van der Waals surface area contributed by atoms with Gasteiger partial charge in [-0.25, -0.2) is 0 Å². The summed E-state index contributed by atoms with van der Waals surface area (Å²) in [5.74, 6) is 0. The van der Waals surface area contributed by atoms with Gasteiger partial charge in [-0.2, -0.15) is 0 Å². The number of hydrogen-bond acceptors (Lipinski definition) is 3. The Morgan fingerprint density at radius 2 is 0.980 bits per heavy atom. The summed E-state index contributed by atoms with van der Waals surface area (Å²) in [5, 5.41) is 7.35. The van der Waals surface area contributed by atoms with Gasteiger partial charge in [-0.05, 0) is 99.8 Å². The number of hydrogen-bond donors (Lipinski definition) is 0. The molecule has 3 heteroatoms. The van der Waals surface area contributed by atoms with E-state index < -0.39 is 0 Å². The number of benzene rings is 8. The van der Waals surface area contributed by atoms with Crippen LogP contribution in [0.25, 0.3) is 75.1 Å². The fourth-order valence-electron chi connectivity index (χ4n) is 7.27. The van der Waals surface area contributed by atoms with Crippen LogP contribution >= 0.6 is 11.3 Å². The van der Waals surface area contributed by atoms with Crippen molar-refractivity contribution in [2.75, 3.05) is 4.90 Å². The lowest BCUT2D eigenvalue weighted by Gasteiger charge is -2.26. The first kappa shape index (κ1) is 27.9. The van der Waals surface area contributed by atoms with E-state index >= 15 is 0 Å². The van der Waals surface area contributed by atoms with E-state index in [0.717, 1.165) is 33.6 Å². The van der Waals surface area contributed by atoms with Crippen LogP contribution in [0.4, 0.5) is 17.1 Å². The maximum absolute atomic E-state index is 6.15. The maximum atomic E-state index is 6.15. The lowest BCUT2D eigenvalue weighted by molar-refractivity contribution is 0.669. The molecular formula is C46H29NOS. The van der Waals surface area contributed by atoms with Crippen LogP contribution in [0, 0.1) is 0 Å². The van der Waals surface area contributed by atoms with Crippen LogP contribution in [0.2, 0.25) is 0 Å². The Kier molecular flexibility index (Phi) is 6.39. The van der Waals surface area contributed by atoms with Gasteiger partial charge in [0.25, 0.3) is 0 Å². The van der Waals surface area contributed by atoms with Crippen molar-refractivity contribution in [1.82, 2.24) is 0 Å². The first-order valence-electron chi connectivity index (χ1n) is 16.6. The number of thiophene rings is 1. The van der Waals surface area contributed by atoms with Crippen molar-refractivity contribution in [3.05, 3.63) is 176 Å². The lowest BCUT2D eigenvalue weighted by Crippen LogP contribution is -2.09. The number of nitrogens with zero attached hydrogens (tertiary/aromatic N) is 1. The van der Waals surface area contributed by atoms with Crippen LogP contribution in [-0.4, -0.2) is 0 Å². The van der Waals surface area contributed by atoms with Crippen molar-refractivity contribution < 1.29 is 4.42 Å². The molecule has 0 aliphatic rings. The fraction of sp³-hybridized carbons (Fsp3) is 0. The van der Waals surface area contributed by atoms with Crippen molar-refractivity contribution in [2.24, 2.45) is 0 Å². The predicted octanol–water partition coefficient (Wildman–Crippen LogP) is 13.9. The van der Waals surface area contributed by atoms with Crippen LogP contribution in [0.15, 0.2) is 180 Å². The van der Waals surface area contributed by atoms with E-state index in [1.807, 2.05) is 23.5 Å². The van der Waals surface area contributed by atoms with Gasteiger partial charge in [0.05, 0.1) is 0 Å². The van der Waals surface area contributed by atoms with E-state index in [9.17, 15) is 0 Å². The third kappa shape index (κ3) is 4.70. The van der Waals surface area contributed by atoms with Crippen LogP contribution in [0.1, 0.15) is 0 Å². The molecule has 0 radical (unpaired) electrons. The molecule has 0 saturated heterocycles. The van der Waals surface area contributed by atoms with Gasteiger partial charge in [0.2, 0.25) is 0 Å². The molecule has 2 nitrogen and oxygen atoms in total. The molecule has 10 aromatic rings. The Bertz CT molecular complexity index is 2810. The van der Waals surface area contributed by atoms with Gasteiger partial charge in [0, 0.05) is 48.0 Å². The van der Waals surface area contributed by atoms with Crippen molar-refractivity contribution in [1.29, 1.82) is 0 Å². The third-order valence-electron chi connectivity index (χ3n) is 9.67. The zero-order chi connectivity index (χ0) is 32.3. The molecule has 230 valence electrons.